The number of carbonyl (C=O) groups excluding carboxylic acids is 1. The molecule has 1 amide bonds. The number of nitrogens with one attached hydrogen (secondary N) is 1. The summed E-state index contributed by atoms with van der Waals surface area (Å²) < 4.78 is 45.0. The second-order valence-corrected chi connectivity index (χ2v) is 11.1. The highest BCUT2D eigenvalue weighted by molar-refractivity contribution is 8.08. The standard InChI is InChI=1S/C13H27NO5S2/c1-7-10(2)12(15)14-13(3,4)9-8-11(20(5,16)17)21(6,18)19/h10-11H,7-9H2,1-6H3,(H,14,15). The molecule has 0 aromatic carbocycles. The van der Waals surface area contributed by atoms with Gasteiger partial charge >= 0.3 is 0 Å². The lowest BCUT2D eigenvalue weighted by Crippen LogP contribution is -2.46. The molecule has 1 unspecified atom stereocenters. The maximum atomic E-state index is 11.9. The molecule has 0 aromatic rings. The molecule has 1 N–H and O–H groups in total. The zero-order valence-corrected chi connectivity index (χ0v) is 15.3. The molecule has 0 aliphatic heterocycles. The number of carbonyl (C=O) groups is 1. The van der Waals surface area contributed by atoms with Gasteiger partial charge in [0, 0.05) is 24.0 Å². The molecular formula is C13H27NO5S2. The number of hydrogen-bond donors (Lipinski definition) is 1. The maximum absolute atomic E-state index is 11.9. The molecule has 0 spiro atoms. The average Bonchev–Trinajstić information content (AvgIpc) is 2.23. The monoisotopic (exact) mass is 341 g/mol. The summed E-state index contributed by atoms with van der Waals surface area (Å²) in [5, 5.41) is 2.84. The maximum Gasteiger partial charge on any atom is 0.223 e. The molecule has 6 nitrogen and oxygen atoms in total. The molecule has 0 aliphatic rings. The first-order valence-corrected chi connectivity index (χ1v) is 10.8. The summed E-state index contributed by atoms with van der Waals surface area (Å²) in [7, 11) is -7.39. The van der Waals surface area contributed by atoms with Gasteiger partial charge in [0.1, 0.15) is 0 Å². The third-order valence-electron chi connectivity index (χ3n) is 3.48. The first-order chi connectivity index (χ1) is 9.20. The van der Waals surface area contributed by atoms with Crippen LogP contribution in [0.4, 0.5) is 0 Å². The molecule has 1 atom stereocenters. The Bertz CT molecular complexity index is 531. The van der Waals surface area contributed by atoms with Crippen LogP contribution in [0.25, 0.3) is 0 Å². The topological polar surface area (TPSA) is 97.4 Å². The lowest BCUT2D eigenvalue weighted by molar-refractivity contribution is -0.126. The Labute approximate surface area is 128 Å². The van der Waals surface area contributed by atoms with Gasteiger partial charge in [-0.25, -0.2) is 16.8 Å². The van der Waals surface area contributed by atoms with E-state index < -0.39 is 29.8 Å². The summed E-state index contributed by atoms with van der Waals surface area (Å²) in [6, 6.07) is 0. The number of amides is 1. The Balaban J connectivity index is 4.92. The summed E-state index contributed by atoms with van der Waals surface area (Å²) in [6.07, 6.45) is 2.77. The van der Waals surface area contributed by atoms with Crippen molar-refractivity contribution in [1.29, 1.82) is 0 Å². The highest BCUT2D eigenvalue weighted by atomic mass is 32.3. The fourth-order valence-electron chi connectivity index (χ4n) is 1.93. The zero-order valence-electron chi connectivity index (χ0n) is 13.6. The Hall–Kier alpha value is -0.630. The molecule has 21 heavy (non-hydrogen) atoms. The van der Waals surface area contributed by atoms with E-state index in [2.05, 4.69) is 5.32 Å². The van der Waals surface area contributed by atoms with Crippen LogP contribution in [0, 0.1) is 5.92 Å². The molecule has 0 bridgehead atoms. The molecule has 0 saturated carbocycles. The lowest BCUT2D eigenvalue weighted by Gasteiger charge is -2.29. The lowest BCUT2D eigenvalue weighted by atomic mass is 9.97. The van der Waals surface area contributed by atoms with Crippen molar-refractivity contribution in [2.24, 2.45) is 5.92 Å². The highest BCUT2D eigenvalue weighted by Gasteiger charge is 2.33. The highest BCUT2D eigenvalue weighted by Crippen LogP contribution is 2.20. The van der Waals surface area contributed by atoms with Crippen molar-refractivity contribution in [3.8, 4) is 0 Å². The van der Waals surface area contributed by atoms with E-state index in [0.29, 0.717) is 6.42 Å². The number of sulfone groups is 2. The first kappa shape index (κ1) is 20.4. The summed E-state index contributed by atoms with van der Waals surface area (Å²) in [5.41, 5.74) is -0.659. The van der Waals surface area contributed by atoms with Crippen molar-refractivity contribution >= 4 is 25.6 Å². The van der Waals surface area contributed by atoms with Crippen LogP contribution in [0.2, 0.25) is 0 Å². The number of hydrogen-bond acceptors (Lipinski definition) is 5. The predicted octanol–water partition coefficient (Wildman–Crippen LogP) is 1.12. The second-order valence-electron chi connectivity index (χ2n) is 6.31. The van der Waals surface area contributed by atoms with Crippen LogP contribution in [0.5, 0.6) is 0 Å². The van der Waals surface area contributed by atoms with Crippen molar-refractivity contribution in [3.05, 3.63) is 0 Å². The molecule has 0 heterocycles. The average molecular weight is 341 g/mol. The quantitative estimate of drug-likeness (QED) is 0.713. The van der Waals surface area contributed by atoms with Gasteiger partial charge in [-0.1, -0.05) is 13.8 Å². The van der Waals surface area contributed by atoms with Crippen LogP contribution >= 0.6 is 0 Å². The van der Waals surface area contributed by atoms with Crippen LogP contribution in [-0.4, -0.2) is 45.4 Å². The second kappa shape index (κ2) is 7.09. The van der Waals surface area contributed by atoms with Gasteiger partial charge in [-0.3, -0.25) is 4.79 Å². The fourth-order valence-corrected chi connectivity index (χ4v) is 5.56. The summed E-state index contributed by atoms with van der Waals surface area (Å²) in [5.74, 6) is -0.248. The number of rotatable bonds is 8. The van der Waals surface area contributed by atoms with Gasteiger partial charge in [-0.2, -0.15) is 0 Å². The first-order valence-electron chi connectivity index (χ1n) is 6.90. The van der Waals surface area contributed by atoms with Crippen molar-refractivity contribution in [2.75, 3.05) is 12.5 Å². The van der Waals surface area contributed by atoms with Gasteiger partial charge in [0.15, 0.2) is 24.3 Å². The molecule has 0 aromatic heterocycles. The summed E-state index contributed by atoms with van der Waals surface area (Å²) >= 11 is 0. The van der Waals surface area contributed by atoms with E-state index in [1.54, 1.807) is 20.8 Å². The van der Waals surface area contributed by atoms with E-state index in [1.807, 2.05) is 6.92 Å². The van der Waals surface area contributed by atoms with Crippen molar-refractivity contribution < 1.29 is 21.6 Å². The van der Waals surface area contributed by atoms with E-state index in [9.17, 15) is 21.6 Å². The smallest absolute Gasteiger partial charge is 0.223 e. The van der Waals surface area contributed by atoms with Gasteiger partial charge in [0.2, 0.25) is 5.91 Å². The van der Waals surface area contributed by atoms with Crippen molar-refractivity contribution in [2.45, 2.75) is 57.1 Å². The minimum atomic E-state index is -3.70. The zero-order chi connectivity index (χ0) is 17.1. The SMILES string of the molecule is CCC(C)C(=O)NC(C)(C)CCC(S(C)(=O)=O)S(C)(=O)=O. The van der Waals surface area contributed by atoms with Gasteiger partial charge in [0.05, 0.1) is 0 Å². The van der Waals surface area contributed by atoms with E-state index in [0.717, 1.165) is 12.5 Å². The largest absolute Gasteiger partial charge is 0.351 e. The third-order valence-corrected chi connectivity index (χ3v) is 7.96. The summed E-state index contributed by atoms with van der Waals surface area (Å²) in [4.78, 5) is 11.9. The summed E-state index contributed by atoms with van der Waals surface area (Å²) in [6.45, 7) is 7.23. The van der Waals surface area contributed by atoms with Crippen molar-refractivity contribution in [3.63, 3.8) is 0 Å². The molecule has 0 fully saturated rings. The molecular weight excluding hydrogens is 314 g/mol. The van der Waals surface area contributed by atoms with E-state index >= 15 is 0 Å². The van der Waals surface area contributed by atoms with Gasteiger partial charge < -0.3 is 5.32 Å². The van der Waals surface area contributed by atoms with Crippen LogP contribution < -0.4 is 5.32 Å². The Morgan fingerprint density at radius 3 is 1.86 bits per heavy atom. The minimum Gasteiger partial charge on any atom is -0.351 e. The van der Waals surface area contributed by atoms with Crippen LogP contribution in [-0.2, 0) is 24.5 Å². The van der Waals surface area contributed by atoms with E-state index in [4.69, 9.17) is 0 Å². The molecule has 0 radical (unpaired) electrons. The van der Waals surface area contributed by atoms with Gasteiger partial charge in [0.25, 0.3) is 0 Å². The molecule has 0 aliphatic carbocycles. The molecule has 8 heteroatoms. The van der Waals surface area contributed by atoms with Gasteiger partial charge in [-0.15, -0.1) is 0 Å². The molecule has 0 rings (SSSR count). The van der Waals surface area contributed by atoms with Crippen LogP contribution in [0.3, 0.4) is 0 Å². The normalized spacial score (nSPS) is 15.0. The van der Waals surface area contributed by atoms with Crippen molar-refractivity contribution in [1.82, 2.24) is 5.32 Å². The molecule has 0 saturated heterocycles. The Morgan fingerprint density at radius 2 is 1.52 bits per heavy atom. The van der Waals surface area contributed by atoms with Crippen LogP contribution in [0.15, 0.2) is 0 Å². The minimum absolute atomic E-state index is 0.0363. The van der Waals surface area contributed by atoms with Crippen LogP contribution in [0.1, 0.15) is 47.0 Å². The Morgan fingerprint density at radius 1 is 1.10 bits per heavy atom. The Kier molecular flexibility index (Phi) is 6.87. The van der Waals surface area contributed by atoms with E-state index in [-0.39, 0.29) is 24.7 Å². The molecule has 126 valence electrons. The third kappa shape index (κ3) is 7.26. The predicted molar refractivity (Wildman–Crippen MR) is 84.4 cm³/mol. The fraction of sp³-hybridized carbons (Fsp3) is 0.923. The van der Waals surface area contributed by atoms with Gasteiger partial charge in [-0.05, 0) is 33.1 Å². The van der Waals surface area contributed by atoms with E-state index in [1.165, 1.54) is 0 Å².